The number of carbonyl (C=O) groups is 3. The fourth-order valence-electron chi connectivity index (χ4n) is 3.49. The predicted octanol–water partition coefficient (Wildman–Crippen LogP) is 2.00. The summed E-state index contributed by atoms with van der Waals surface area (Å²) in [7, 11) is 0. The third-order valence-electron chi connectivity index (χ3n) is 5.01. The molecule has 0 bridgehead atoms. The van der Waals surface area contributed by atoms with Crippen LogP contribution in [0.4, 0.5) is 13.2 Å². The molecule has 2 atom stereocenters. The molecule has 2 amide bonds. The van der Waals surface area contributed by atoms with Crippen molar-refractivity contribution in [2.75, 3.05) is 19.6 Å². The zero-order valence-electron chi connectivity index (χ0n) is 16.4. The van der Waals surface area contributed by atoms with Crippen LogP contribution in [0.3, 0.4) is 0 Å². The normalized spacial score (nSPS) is 23.5. The Labute approximate surface area is 171 Å². The number of hydrogen-bond acceptors (Lipinski definition) is 5. The first-order chi connectivity index (χ1) is 14.0. The largest absolute Gasteiger partial charge is 0.490 e. The number of nitrogens with zero attached hydrogens (tertiary/aromatic N) is 2. The minimum atomic E-state index is -5.08. The minimum Gasteiger partial charge on any atom is -0.475 e. The lowest BCUT2D eigenvalue weighted by Gasteiger charge is -2.38. The zero-order valence-corrected chi connectivity index (χ0v) is 16.4. The summed E-state index contributed by atoms with van der Waals surface area (Å²) in [6.07, 6.45) is 2.04. The molecule has 8 nitrogen and oxygen atoms in total. The first-order valence-corrected chi connectivity index (χ1v) is 9.44. The molecule has 2 saturated heterocycles. The smallest absolute Gasteiger partial charge is 0.475 e. The topological polar surface area (TPSA) is 109 Å². The number of aromatic nitrogens is 1. The number of carboxylic acids is 1. The number of halogens is 3. The fourth-order valence-corrected chi connectivity index (χ4v) is 3.49. The molecule has 0 aliphatic carbocycles. The summed E-state index contributed by atoms with van der Waals surface area (Å²) in [6, 6.07) is 3.39. The van der Waals surface area contributed by atoms with Crippen LogP contribution in [0.1, 0.15) is 43.0 Å². The van der Waals surface area contributed by atoms with Crippen molar-refractivity contribution < 1.29 is 37.4 Å². The van der Waals surface area contributed by atoms with Crippen LogP contribution in [0.2, 0.25) is 0 Å². The van der Waals surface area contributed by atoms with Crippen molar-refractivity contribution in [3.63, 3.8) is 0 Å². The summed E-state index contributed by atoms with van der Waals surface area (Å²) >= 11 is 0. The van der Waals surface area contributed by atoms with Crippen molar-refractivity contribution in [2.24, 2.45) is 0 Å². The molecule has 2 aliphatic heterocycles. The first kappa shape index (κ1) is 23.6. The summed E-state index contributed by atoms with van der Waals surface area (Å²) in [5, 5.41) is 10.1. The van der Waals surface area contributed by atoms with Gasteiger partial charge in [-0.25, -0.2) is 4.79 Å². The molecule has 0 radical (unpaired) electrons. The molecule has 166 valence electrons. The van der Waals surface area contributed by atoms with Gasteiger partial charge < -0.3 is 20.1 Å². The van der Waals surface area contributed by atoms with Crippen LogP contribution in [0.15, 0.2) is 24.5 Å². The summed E-state index contributed by atoms with van der Waals surface area (Å²) in [6.45, 7) is 3.56. The molecule has 0 aromatic carbocycles. The van der Waals surface area contributed by atoms with Gasteiger partial charge in [-0.1, -0.05) is 0 Å². The van der Waals surface area contributed by atoms with E-state index in [1.54, 1.807) is 31.5 Å². The summed E-state index contributed by atoms with van der Waals surface area (Å²) in [5.41, 5.74) is 0.393. The van der Waals surface area contributed by atoms with Crippen LogP contribution in [0, 0.1) is 0 Å². The third-order valence-corrected chi connectivity index (χ3v) is 5.01. The molecule has 3 rings (SSSR count). The second-order valence-electron chi connectivity index (χ2n) is 7.25. The van der Waals surface area contributed by atoms with Gasteiger partial charge in [0, 0.05) is 44.5 Å². The molecule has 0 unspecified atom stereocenters. The molecule has 1 aromatic heterocycles. The number of alkyl halides is 3. The number of carbonyl (C=O) groups excluding carboxylic acids is 2. The molecular weight excluding hydrogens is 407 g/mol. The second-order valence-corrected chi connectivity index (χ2v) is 7.25. The van der Waals surface area contributed by atoms with Gasteiger partial charge in [-0.05, 0) is 37.8 Å². The molecule has 1 spiro atoms. The van der Waals surface area contributed by atoms with Crippen LogP contribution in [-0.4, -0.2) is 70.3 Å². The van der Waals surface area contributed by atoms with E-state index >= 15 is 0 Å². The maximum absolute atomic E-state index is 12.1. The van der Waals surface area contributed by atoms with Crippen molar-refractivity contribution in [3.8, 4) is 0 Å². The summed E-state index contributed by atoms with van der Waals surface area (Å²) in [5.74, 6) is -2.75. The van der Waals surface area contributed by atoms with Crippen LogP contribution in [0.25, 0.3) is 0 Å². The molecule has 11 heteroatoms. The van der Waals surface area contributed by atoms with Gasteiger partial charge in [0.25, 0.3) is 5.91 Å². The lowest BCUT2D eigenvalue weighted by atomic mass is 9.90. The van der Waals surface area contributed by atoms with Gasteiger partial charge in [0.05, 0.1) is 11.7 Å². The van der Waals surface area contributed by atoms with Gasteiger partial charge in [-0.15, -0.1) is 0 Å². The second kappa shape index (κ2) is 9.88. The molecule has 2 fully saturated rings. The number of carboxylic acid groups (broad SMARTS) is 1. The third kappa shape index (κ3) is 6.68. The molecule has 3 heterocycles. The standard InChI is InChI=1S/C17H23N3O3.C2HF3O2/c1-13(21)20-10-7-17(12-20)6-2-3-15(23-17)11-19-16(22)14-4-8-18-9-5-14;3-2(4,5)1(6)7/h4-5,8-9,15H,2-3,6-7,10-12H2,1H3,(H,19,22);(H,6,7)/t15-,17+;/m0./s1. The molecule has 1 aromatic rings. The van der Waals surface area contributed by atoms with Gasteiger partial charge in [0.1, 0.15) is 0 Å². The Morgan fingerprint density at radius 1 is 1.30 bits per heavy atom. The monoisotopic (exact) mass is 431 g/mol. The number of likely N-dealkylation sites (tertiary alicyclic amines) is 1. The average Bonchev–Trinajstić information content (AvgIpc) is 3.10. The van der Waals surface area contributed by atoms with Gasteiger partial charge >= 0.3 is 12.1 Å². The van der Waals surface area contributed by atoms with E-state index in [4.69, 9.17) is 14.6 Å². The van der Waals surface area contributed by atoms with Crippen molar-refractivity contribution in [1.82, 2.24) is 15.2 Å². The van der Waals surface area contributed by atoms with E-state index < -0.39 is 12.1 Å². The number of rotatable bonds is 3. The lowest BCUT2D eigenvalue weighted by molar-refractivity contribution is -0.192. The van der Waals surface area contributed by atoms with Crippen molar-refractivity contribution in [2.45, 2.75) is 50.5 Å². The first-order valence-electron chi connectivity index (χ1n) is 9.44. The lowest BCUT2D eigenvalue weighted by Crippen LogP contribution is -2.47. The number of hydrogen-bond donors (Lipinski definition) is 2. The van der Waals surface area contributed by atoms with Crippen LogP contribution in [-0.2, 0) is 14.3 Å². The predicted molar refractivity (Wildman–Crippen MR) is 98.6 cm³/mol. The molecule has 2 N–H and O–H groups in total. The number of aliphatic carboxylic acids is 1. The van der Waals surface area contributed by atoms with E-state index in [9.17, 15) is 22.8 Å². The van der Waals surface area contributed by atoms with E-state index in [2.05, 4.69) is 10.3 Å². The maximum atomic E-state index is 12.1. The summed E-state index contributed by atoms with van der Waals surface area (Å²) in [4.78, 5) is 38.3. The SMILES string of the molecule is CC(=O)N1CC[C@]2(CCC[C@@H](CNC(=O)c3ccncc3)O2)C1.O=C(O)C(F)(F)F. The van der Waals surface area contributed by atoms with E-state index in [0.29, 0.717) is 18.7 Å². The van der Waals surface area contributed by atoms with Crippen molar-refractivity contribution >= 4 is 17.8 Å². The highest BCUT2D eigenvalue weighted by Crippen LogP contribution is 2.36. The Kier molecular flexibility index (Phi) is 7.77. The average molecular weight is 431 g/mol. The van der Waals surface area contributed by atoms with Gasteiger partial charge in [-0.3, -0.25) is 14.6 Å². The summed E-state index contributed by atoms with van der Waals surface area (Å²) < 4.78 is 38.0. The van der Waals surface area contributed by atoms with E-state index in [0.717, 1.165) is 32.2 Å². The van der Waals surface area contributed by atoms with Crippen molar-refractivity contribution in [3.05, 3.63) is 30.1 Å². The molecule has 0 saturated carbocycles. The number of nitrogens with one attached hydrogen (secondary N) is 1. The highest BCUT2D eigenvalue weighted by Gasteiger charge is 2.43. The molecular formula is C19H24F3N3O5. The Hall–Kier alpha value is -2.69. The Morgan fingerprint density at radius 3 is 2.47 bits per heavy atom. The molecule has 30 heavy (non-hydrogen) atoms. The Morgan fingerprint density at radius 2 is 1.93 bits per heavy atom. The number of amides is 2. The highest BCUT2D eigenvalue weighted by atomic mass is 19.4. The van der Waals surface area contributed by atoms with E-state index in [-0.39, 0.29) is 23.5 Å². The number of pyridine rings is 1. The molecule has 2 aliphatic rings. The minimum absolute atomic E-state index is 0.0152. The number of ether oxygens (including phenoxy) is 1. The van der Waals surface area contributed by atoms with Gasteiger partial charge in [0.2, 0.25) is 5.91 Å². The zero-order chi connectivity index (χ0) is 22.4. The Bertz CT molecular complexity index is 760. The van der Waals surface area contributed by atoms with Crippen LogP contribution in [0.5, 0.6) is 0 Å². The Balaban J connectivity index is 0.000000396. The maximum Gasteiger partial charge on any atom is 0.490 e. The van der Waals surface area contributed by atoms with Crippen LogP contribution >= 0.6 is 0 Å². The van der Waals surface area contributed by atoms with Gasteiger partial charge in [0.15, 0.2) is 0 Å². The fraction of sp³-hybridized carbons (Fsp3) is 0.579. The van der Waals surface area contributed by atoms with Gasteiger partial charge in [-0.2, -0.15) is 13.2 Å². The quantitative estimate of drug-likeness (QED) is 0.758. The van der Waals surface area contributed by atoms with E-state index in [1.807, 2.05) is 4.90 Å². The van der Waals surface area contributed by atoms with E-state index in [1.165, 1.54) is 0 Å². The van der Waals surface area contributed by atoms with Crippen LogP contribution < -0.4 is 5.32 Å². The highest BCUT2D eigenvalue weighted by molar-refractivity contribution is 5.93. The van der Waals surface area contributed by atoms with Crippen molar-refractivity contribution in [1.29, 1.82) is 0 Å².